The molecule has 0 bridgehead atoms. The van der Waals surface area contributed by atoms with Gasteiger partial charge in [0.25, 0.3) is 0 Å². The summed E-state index contributed by atoms with van der Waals surface area (Å²) in [5, 5.41) is 10.9. The number of anilines is 1. The van der Waals surface area contributed by atoms with Gasteiger partial charge in [-0.3, -0.25) is 9.59 Å². The van der Waals surface area contributed by atoms with Crippen molar-refractivity contribution in [2.75, 3.05) is 5.32 Å². The second-order valence-corrected chi connectivity index (χ2v) is 2.86. The molecule has 4 nitrogen and oxygen atoms in total. The van der Waals surface area contributed by atoms with E-state index in [9.17, 15) is 9.59 Å². The van der Waals surface area contributed by atoms with Crippen molar-refractivity contribution >= 4 is 17.6 Å². The molecule has 0 saturated carbocycles. The second kappa shape index (κ2) is 5.59. The molecule has 15 heavy (non-hydrogen) atoms. The Morgan fingerprint density at radius 2 is 1.93 bits per heavy atom. The normalized spacial score (nSPS) is 10.1. The fourth-order valence-electron chi connectivity index (χ4n) is 0.972. The maximum absolute atomic E-state index is 11.2. The maximum Gasteiger partial charge on any atom is 0.307 e. The van der Waals surface area contributed by atoms with Crippen molar-refractivity contribution < 1.29 is 14.7 Å². The third-order valence-corrected chi connectivity index (χ3v) is 1.60. The first-order valence-corrected chi connectivity index (χ1v) is 4.43. The Labute approximate surface area is 87.2 Å². The van der Waals surface area contributed by atoms with Crippen molar-refractivity contribution in [3.63, 3.8) is 0 Å². The number of carbonyl (C=O) groups excluding carboxylic acids is 1. The van der Waals surface area contributed by atoms with E-state index in [1.165, 1.54) is 12.2 Å². The molecule has 0 heterocycles. The van der Waals surface area contributed by atoms with Crippen LogP contribution in [-0.2, 0) is 9.59 Å². The van der Waals surface area contributed by atoms with E-state index in [0.717, 1.165) is 0 Å². The summed E-state index contributed by atoms with van der Waals surface area (Å²) in [6, 6.07) is 8.95. The molecule has 0 aliphatic heterocycles. The molecule has 0 atom stereocenters. The van der Waals surface area contributed by atoms with E-state index in [-0.39, 0.29) is 12.3 Å². The van der Waals surface area contributed by atoms with Crippen molar-refractivity contribution in [2.45, 2.75) is 6.42 Å². The number of hydrogen-bond acceptors (Lipinski definition) is 2. The summed E-state index contributed by atoms with van der Waals surface area (Å²) in [7, 11) is 0. The van der Waals surface area contributed by atoms with Crippen LogP contribution < -0.4 is 5.32 Å². The third kappa shape index (κ3) is 4.61. The number of hydrogen-bond donors (Lipinski definition) is 2. The molecule has 2 N–H and O–H groups in total. The van der Waals surface area contributed by atoms with E-state index in [1.807, 2.05) is 6.07 Å². The Hall–Kier alpha value is -2.10. The summed E-state index contributed by atoms with van der Waals surface area (Å²) in [6.45, 7) is 0. The molecule has 0 aliphatic carbocycles. The van der Waals surface area contributed by atoms with Gasteiger partial charge in [-0.05, 0) is 18.2 Å². The summed E-state index contributed by atoms with van der Waals surface area (Å²) in [5.41, 5.74) is 0.683. The first-order valence-electron chi connectivity index (χ1n) is 4.43. The minimum Gasteiger partial charge on any atom is -0.481 e. The molecule has 1 rings (SSSR count). The van der Waals surface area contributed by atoms with Crippen LogP contribution in [0.3, 0.4) is 0 Å². The van der Waals surface area contributed by atoms with Crippen LogP contribution in [-0.4, -0.2) is 17.0 Å². The topological polar surface area (TPSA) is 66.4 Å². The third-order valence-electron chi connectivity index (χ3n) is 1.60. The van der Waals surface area contributed by atoms with Crippen LogP contribution in [0.1, 0.15) is 6.42 Å². The molecule has 1 aromatic carbocycles. The largest absolute Gasteiger partial charge is 0.481 e. The molecule has 0 unspecified atom stereocenters. The first kappa shape index (κ1) is 11.0. The molecular formula is C11H11NO3. The van der Waals surface area contributed by atoms with Gasteiger partial charge in [0.2, 0.25) is 5.91 Å². The zero-order chi connectivity index (χ0) is 11.1. The Kier molecular flexibility index (Phi) is 4.09. The molecule has 0 spiro atoms. The minimum atomic E-state index is -0.959. The van der Waals surface area contributed by atoms with E-state index in [0.29, 0.717) is 5.69 Å². The fourth-order valence-corrected chi connectivity index (χ4v) is 0.972. The molecule has 1 aromatic rings. The van der Waals surface area contributed by atoms with Gasteiger partial charge in [0, 0.05) is 5.69 Å². The highest BCUT2D eigenvalue weighted by Gasteiger charge is 1.96. The number of amides is 1. The van der Waals surface area contributed by atoms with Gasteiger partial charge in [-0.25, -0.2) is 0 Å². The number of carboxylic acids is 1. The Morgan fingerprint density at radius 3 is 2.53 bits per heavy atom. The zero-order valence-corrected chi connectivity index (χ0v) is 8.01. The van der Waals surface area contributed by atoms with Crippen LogP contribution in [0, 0.1) is 0 Å². The fraction of sp³-hybridized carbons (Fsp3) is 0.0909. The van der Waals surface area contributed by atoms with E-state index in [2.05, 4.69) is 5.32 Å². The lowest BCUT2D eigenvalue weighted by Crippen LogP contribution is -2.07. The summed E-state index contributed by atoms with van der Waals surface area (Å²) in [6.07, 6.45) is 2.37. The standard InChI is InChI=1S/C11H11NO3/c13-10(7-4-8-11(14)15)12-9-5-2-1-3-6-9/h1-7H,8H2,(H,12,13)(H,14,15)/b7-4+. The number of benzene rings is 1. The summed E-state index contributed by atoms with van der Waals surface area (Å²) in [4.78, 5) is 21.4. The van der Waals surface area contributed by atoms with Crippen molar-refractivity contribution in [1.82, 2.24) is 0 Å². The number of carboxylic acid groups (broad SMARTS) is 1. The Bertz CT molecular complexity index is 371. The van der Waals surface area contributed by atoms with E-state index in [1.54, 1.807) is 24.3 Å². The van der Waals surface area contributed by atoms with Crippen molar-refractivity contribution in [2.24, 2.45) is 0 Å². The molecule has 0 aliphatic rings. The van der Waals surface area contributed by atoms with Crippen LogP contribution in [0.2, 0.25) is 0 Å². The monoisotopic (exact) mass is 205 g/mol. The Morgan fingerprint density at radius 1 is 1.27 bits per heavy atom. The van der Waals surface area contributed by atoms with Gasteiger partial charge in [0.15, 0.2) is 0 Å². The summed E-state index contributed by atoms with van der Waals surface area (Å²) >= 11 is 0. The smallest absolute Gasteiger partial charge is 0.307 e. The summed E-state index contributed by atoms with van der Waals surface area (Å²) in [5.74, 6) is -1.29. The maximum atomic E-state index is 11.2. The highest BCUT2D eigenvalue weighted by Crippen LogP contribution is 2.04. The number of rotatable bonds is 4. The predicted octanol–water partition coefficient (Wildman–Crippen LogP) is 1.66. The van der Waals surface area contributed by atoms with Gasteiger partial charge < -0.3 is 10.4 Å². The SMILES string of the molecule is O=C(O)C/C=C/C(=O)Nc1ccccc1. The van der Waals surface area contributed by atoms with Crippen molar-refractivity contribution in [1.29, 1.82) is 0 Å². The van der Waals surface area contributed by atoms with E-state index < -0.39 is 5.97 Å². The van der Waals surface area contributed by atoms with Gasteiger partial charge in [-0.2, -0.15) is 0 Å². The van der Waals surface area contributed by atoms with Crippen molar-refractivity contribution in [3.05, 3.63) is 42.5 Å². The van der Waals surface area contributed by atoms with Gasteiger partial charge in [0.05, 0.1) is 6.42 Å². The van der Waals surface area contributed by atoms with Crippen LogP contribution in [0.15, 0.2) is 42.5 Å². The first-order chi connectivity index (χ1) is 7.18. The lowest BCUT2D eigenvalue weighted by molar-refractivity contribution is -0.135. The zero-order valence-electron chi connectivity index (χ0n) is 8.01. The number of aliphatic carboxylic acids is 1. The number of nitrogens with one attached hydrogen (secondary N) is 1. The molecule has 0 radical (unpaired) electrons. The van der Waals surface area contributed by atoms with Gasteiger partial charge in [-0.1, -0.05) is 24.3 Å². The molecule has 4 heteroatoms. The molecule has 0 aromatic heterocycles. The van der Waals surface area contributed by atoms with E-state index >= 15 is 0 Å². The van der Waals surface area contributed by atoms with Crippen LogP contribution in [0.25, 0.3) is 0 Å². The highest BCUT2D eigenvalue weighted by atomic mass is 16.4. The van der Waals surface area contributed by atoms with Crippen LogP contribution in [0.5, 0.6) is 0 Å². The highest BCUT2D eigenvalue weighted by molar-refractivity contribution is 5.99. The summed E-state index contributed by atoms with van der Waals surface area (Å²) < 4.78 is 0. The molecule has 1 amide bonds. The number of carbonyl (C=O) groups is 2. The van der Waals surface area contributed by atoms with E-state index in [4.69, 9.17) is 5.11 Å². The van der Waals surface area contributed by atoms with Gasteiger partial charge in [-0.15, -0.1) is 0 Å². The van der Waals surface area contributed by atoms with Crippen LogP contribution in [0.4, 0.5) is 5.69 Å². The minimum absolute atomic E-state index is 0.151. The molecular weight excluding hydrogens is 194 g/mol. The van der Waals surface area contributed by atoms with Crippen LogP contribution >= 0.6 is 0 Å². The van der Waals surface area contributed by atoms with Gasteiger partial charge >= 0.3 is 5.97 Å². The Balaban J connectivity index is 2.43. The van der Waals surface area contributed by atoms with Gasteiger partial charge in [0.1, 0.15) is 0 Å². The molecule has 78 valence electrons. The average molecular weight is 205 g/mol. The lowest BCUT2D eigenvalue weighted by atomic mass is 10.3. The molecule has 0 saturated heterocycles. The lowest BCUT2D eigenvalue weighted by Gasteiger charge is -1.99. The number of para-hydroxylation sites is 1. The van der Waals surface area contributed by atoms with Crippen molar-refractivity contribution in [3.8, 4) is 0 Å². The average Bonchev–Trinajstić information content (AvgIpc) is 2.18. The molecule has 0 fully saturated rings. The predicted molar refractivity (Wildman–Crippen MR) is 56.5 cm³/mol. The second-order valence-electron chi connectivity index (χ2n) is 2.86. The quantitative estimate of drug-likeness (QED) is 0.734.